The molecule has 0 radical (unpaired) electrons. The van der Waals surface area contributed by atoms with Crippen LogP contribution in [0.15, 0.2) is 322 Å². The molecule has 0 aliphatic carbocycles. The van der Waals surface area contributed by atoms with E-state index in [0.29, 0.717) is 78.8 Å². The van der Waals surface area contributed by atoms with Gasteiger partial charge in [-0.1, -0.05) is 194 Å². The lowest BCUT2D eigenvalue weighted by Crippen LogP contribution is -2.01. The van der Waals surface area contributed by atoms with Gasteiger partial charge in [0.1, 0.15) is 22.3 Å². The maximum atomic E-state index is 13.1. The van der Waals surface area contributed by atoms with Gasteiger partial charge in [-0.05, 0) is 136 Å². The van der Waals surface area contributed by atoms with Gasteiger partial charge >= 0.3 is 0 Å². The summed E-state index contributed by atoms with van der Waals surface area (Å²) in [5.74, 6) is 3.54. The van der Waals surface area contributed by atoms with Gasteiger partial charge in [0.15, 0.2) is 34.9 Å². The molecule has 11 aromatic carbocycles. The Morgan fingerprint density at radius 1 is 0.234 bits per heavy atom. The van der Waals surface area contributed by atoms with Gasteiger partial charge in [0.05, 0.1) is 27.1 Å². The lowest BCUT2D eigenvalue weighted by Gasteiger charge is -2.11. The normalized spacial score (nSPS) is 11.3. The standard InChI is InChI=1S/C43H26N4O2.C39H24N4O2/c48-40-34-18-4-5-20-37(34)49-38-26-32(21-22-35(38)40)30-14-6-13-29(24-30)31-15-7-16-33(25-31)42-45-41(28-10-2-1-3-11-28)46-43(47-42)36-19-8-12-27-17-9-23-44-39(27)36;44-36-32-11-4-5-12-34(32)45-35-24-31(17-18-33(35)36)30-10-6-9-29(23-30)25-13-15-27(16-14-25)38-41-37(26-7-2-1-3-8-26)42-39(43-38)28-19-21-40-22-20-28/h1-26H;1-24H. The molecule has 94 heavy (non-hydrogen) atoms. The monoisotopic (exact) mass is 1210 g/mol. The largest absolute Gasteiger partial charge is 0.456 e. The molecule has 12 nitrogen and oxygen atoms in total. The van der Waals surface area contributed by atoms with Gasteiger partial charge in [0, 0.05) is 57.4 Å². The van der Waals surface area contributed by atoms with Gasteiger partial charge in [-0.3, -0.25) is 19.6 Å². The van der Waals surface area contributed by atoms with Gasteiger partial charge < -0.3 is 8.83 Å². The highest BCUT2D eigenvalue weighted by atomic mass is 16.3. The van der Waals surface area contributed by atoms with Crippen molar-refractivity contribution in [1.29, 1.82) is 0 Å². The lowest BCUT2D eigenvalue weighted by molar-refractivity contribution is 0.659. The number of benzene rings is 11. The second-order valence-corrected chi connectivity index (χ2v) is 22.6. The highest BCUT2D eigenvalue weighted by Gasteiger charge is 2.18. The van der Waals surface area contributed by atoms with Gasteiger partial charge in [0.25, 0.3) is 0 Å². The van der Waals surface area contributed by atoms with Crippen molar-refractivity contribution in [2.24, 2.45) is 0 Å². The van der Waals surface area contributed by atoms with Crippen molar-refractivity contribution in [3.8, 4) is 113 Å². The Kier molecular flexibility index (Phi) is 14.6. The number of aromatic nitrogens is 8. The van der Waals surface area contributed by atoms with Crippen LogP contribution in [0.4, 0.5) is 0 Å². The maximum absolute atomic E-state index is 13.1. The molecule has 0 aliphatic rings. The van der Waals surface area contributed by atoms with Crippen molar-refractivity contribution in [3.63, 3.8) is 0 Å². The summed E-state index contributed by atoms with van der Waals surface area (Å²) in [5, 5.41) is 3.33. The topological polar surface area (TPSA) is 164 Å². The average molecular weight is 1210 g/mol. The molecular weight excluding hydrogens is 1160 g/mol. The summed E-state index contributed by atoms with van der Waals surface area (Å²) in [6.07, 6.45) is 5.26. The number of para-hydroxylation sites is 3. The van der Waals surface area contributed by atoms with Crippen molar-refractivity contribution in [1.82, 2.24) is 39.9 Å². The fraction of sp³-hybridized carbons (Fsp3) is 0. The second kappa shape index (κ2) is 24.4. The zero-order chi connectivity index (χ0) is 62.9. The molecular formula is C82H50N8O4. The number of fused-ring (bicyclic) bond motifs is 5. The van der Waals surface area contributed by atoms with E-state index >= 15 is 0 Å². The van der Waals surface area contributed by atoms with Crippen LogP contribution in [0.25, 0.3) is 168 Å². The third-order valence-corrected chi connectivity index (χ3v) is 16.6. The summed E-state index contributed by atoms with van der Waals surface area (Å²) in [5.41, 5.74) is 16.6. The third kappa shape index (κ3) is 11.1. The van der Waals surface area contributed by atoms with Crippen LogP contribution in [0.1, 0.15) is 0 Å². The van der Waals surface area contributed by atoms with Crippen LogP contribution in [-0.2, 0) is 0 Å². The highest BCUT2D eigenvalue weighted by molar-refractivity contribution is 5.95. The highest BCUT2D eigenvalue weighted by Crippen LogP contribution is 2.35. The number of nitrogens with zero attached hydrogens (tertiary/aromatic N) is 8. The fourth-order valence-electron chi connectivity index (χ4n) is 11.8. The number of hydrogen-bond acceptors (Lipinski definition) is 12. The molecule has 6 heterocycles. The summed E-state index contributed by atoms with van der Waals surface area (Å²) in [4.78, 5) is 64.2. The first-order chi connectivity index (χ1) is 46.4. The van der Waals surface area contributed by atoms with Crippen molar-refractivity contribution in [3.05, 3.63) is 324 Å². The molecule has 0 atom stereocenters. The molecule has 0 N–H and O–H groups in total. The minimum Gasteiger partial charge on any atom is -0.456 e. The van der Waals surface area contributed by atoms with Crippen LogP contribution in [0.5, 0.6) is 0 Å². The first kappa shape index (κ1) is 56.2. The van der Waals surface area contributed by atoms with E-state index in [1.165, 1.54) is 0 Å². The number of rotatable bonds is 10. The Morgan fingerprint density at radius 2 is 0.585 bits per heavy atom. The third-order valence-electron chi connectivity index (χ3n) is 16.6. The minimum absolute atomic E-state index is 0.0193. The van der Waals surface area contributed by atoms with E-state index in [1.807, 2.05) is 212 Å². The molecule has 6 aromatic heterocycles. The molecule has 0 unspecified atom stereocenters. The SMILES string of the molecule is O=c1c2ccccc2oc2cc(-c3cccc(-c4ccc(-c5nc(-c6ccccc6)nc(-c6ccncc6)n5)cc4)c3)ccc12.O=c1c2ccccc2oc2cc(-c3cccc(-c4cccc(-c5nc(-c6ccccc6)nc(-c6cccc7cccnc67)n5)c4)c3)ccc12. The summed E-state index contributed by atoms with van der Waals surface area (Å²) in [7, 11) is 0. The first-order valence-electron chi connectivity index (χ1n) is 30.6. The Bertz CT molecular complexity index is 5800. The van der Waals surface area contributed by atoms with Crippen LogP contribution in [0, 0.1) is 0 Å². The van der Waals surface area contributed by atoms with Crippen molar-refractivity contribution < 1.29 is 8.83 Å². The molecule has 0 spiro atoms. The van der Waals surface area contributed by atoms with E-state index in [0.717, 1.165) is 88.8 Å². The summed E-state index contributed by atoms with van der Waals surface area (Å²) in [6, 6.07) is 93.1. The van der Waals surface area contributed by atoms with Gasteiger partial charge in [-0.25, -0.2) is 29.9 Å². The van der Waals surface area contributed by atoms with Crippen molar-refractivity contribution in [2.75, 3.05) is 0 Å². The number of pyridine rings is 2. The molecule has 0 fully saturated rings. The van der Waals surface area contributed by atoms with E-state index in [9.17, 15) is 9.59 Å². The molecule has 17 aromatic rings. The average Bonchev–Trinajstić information content (AvgIpc) is 0.898. The van der Waals surface area contributed by atoms with Gasteiger partial charge in [-0.2, -0.15) is 0 Å². The zero-order valence-electron chi connectivity index (χ0n) is 50.1. The molecule has 0 saturated heterocycles. The number of hydrogen-bond donors (Lipinski definition) is 0. The van der Waals surface area contributed by atoms with E-state index in [1.54, 1.807) is 30.7 Å². The van der Waals surface area contributed by atoms with Crippen molar-refractivity contribution >= 4 is 54.8 Å². The molecule has 442 valence electrons. The van der Waals surface area contributed by atoms with E-state index in [-0.39, 0.29) is 10.9 Å². The van der Waals surface area contributed by atoms with Crippen LogP contribution >= 0.6 is 0 Å². The van der Waals surface area contributed by atoms with E-state index in [2.05, 4.69) is 70.6 Å². The zero-order valence-corrected chi connectivity index (χ0v) is 50.1. The Labute approximate surface area is 537 Å². The molecule has 0 bridgehead atoms. The minimum atomic E-state index is -0.0254. The smallest absolute Gasteiger partial charge is 0.200 e. The van der Waals surface area contributed by atoms with Crippen LogP contribution < -0.4 is 10.9 Å². The van der Waals surface area contributed by atoms with Crippen LogP contribution in [0.3, 0.4) is 0 Å². The van der Waals surface area contributed by atoms with Crippen LogP contribution in [-0.4, -0.2) is 39.9 Å². The maximum Gasteiger partial charge on any atom is 0.200 e. The Balaban J connectivity index is 0.000000149. The molecule has 0 amide bonds. The fourth-order valence-corrected chi connectivity index (χ4v) is 11.8. The Hall–Kier alpha value is -13.1. The summed E-state index contributed by atoms with van der Waals surface area (Å²) >= 11 is 0. The molecule has 12 heteroatoms. The second-order valence-electron chi connectivity index (χ2n) is 22.6. The molecule has 0 aliphatic heterocycles. The predicted molar refractivity (Wildman–Crippen MR) is 374 cm³/mol. The summed E-state index contributed by atoms with van der Waals surface area (Å²) < 4.78 is 12.3. The predicted octanol–water partition coefficient (Wildman–Crippen LogP) is 18.9. The van der Waals surface area contributed by atoms with E-state index in [4.69, 9.17) is 38.7 Å². The van der Waals surface area contributed by atoms with Gasteiger partial charge in [0.2, 0.25) is 10.9 Å². The lowest BCUT2D eigenvalue weighted by atomic mass is 9.97. The molecule has 17 rings (SSSR count). The Morgan fingerprint density at radius 3 is 1.11 bits per heavy atom. The van der Waals surface area contributed by atoms with E-state index < -0.39 is 0 Å². The van der Waals surface area contributed by atoms with Crippen LogP contribution in [0.2, 0.25) is 0 Å². The molecule has 0 saturated carbocycles. The van der Waals surface area contributed by atoms with Crippen molar-refractivity contribution in [2.45, 2.75) is 0 Å². The quantitative estimate of drug-likeness (QED) is 0.119. The first-order valence-corrected chi connectivity index (χ1v) is 30.6. The van der Waals surface area contributed by atoms with Gasteiger partial charge in [-0.15, -0.1) is 0 Å². The summed E-state index contributed by atoms with van der Waals surface area (Å²) in [6.45, 7) is 0.